The fraction of sp³-hybridized carbons (Fsp3) is 0. The summed E-state index contributed by atoms with van der Waals surface area (Å²) in [5, 5.41) is 5.15. The van der Waals surface area contributed by atoms with Crippen LogP contribution in [0.4, 0.5) is 0 Å². The summed E-state index contributed by atoms with van der Waals surface area (Å²) in [6.45, 7) is 0. The molecule has 2 heterocycles. The van der Waals surface area contributed by atoms with Gasteiger partial charge in [0.05, 0.1) is 6.21 Å². The minimum atomic E-state index is -0.228. The van der Waals surface area contributed by atoms with Crippen LogP contribution in [0.25, 0.3) is 21.9 Å². The summed E-state index contributed by atoms with van der Waals surface area (Å²) in [6.07, 6.45) is 3.10. The Morgan fingerprint density at radius 3 is 2.96 bits per heavy atom. The molecule has 0 spiro atoms. The second-order valence-corrected chi connectivity index (χ2v) is 7.39. The van der Waals surface area contributed by atoms with Crippen molar-refractivity contribution in [2.24, 2.45) is 5.10 Å². The molecule has 0 aliphatic heterocycles. The summed E-state index contributed by atoms with van der Waals surface area (Å²) >= 11 is 5.68. The SMILES string of the molecule is O=c1c2[nH]c3ccc(Br)cc3c2ncn1N=Cc1cccc(I)c1. The maximum atomic E-state index is 12.6. The van der Waals surface area contributed by atoms with Gasteiger partial charge in [-0.15, -0.1) is 0 Å². The Morgan fingerprint density at radius 2 is 2.12 bits per heavy atom. The first-order valence-electron chi connectivity index (χ1n) is 7.10. The van der Waals surface area contributed by atoms with E-state index in [1.165, 1.54) is 11.0 Å². The Bertz CT molecular complexity index is 1160. The molecule has 0 amide bonds. The van der Waals surface area contributed by atoms with Crippen LogP contribution in [-0.2, 0) is 0 Å². The molecule has 7 heteroatoms. The number of H-pyrrole nitrogens is 1. The van der Waals surface area contributed by atoms with Crippen molar-refractivity contribution in [1.29, 1.82) is 0 Å². The van der Waals surface area contributed by atoms with Gasteiger partial charge in [0.1, 0.15) is 17.4 Å². The Morgan fingerprint density at radius 1 is 1.25 bits per heavy atom. The van der Waals surface area contributed by atoms with Crippen LogP contribution in [0.15, 0.2) is 63.2 Å². The Hall–Kier alpha value is -2.00. The Kier molecular flexibility index (Phi) is 3.97. The van der Waals surface area contributed by atoms with Gasteiger partial charge in [-0.25, -0.2) is 4.98 Å². The molecule has 0 unspecified atom stereocenters. The average molecular weight is 493 g/mol. The standard InChI is InChI=1S/C17H10BrIN4O/c18-11-4-5-14-13(7-11)15-16(22-14)17(24)23(9-20-15)21-8-10-2-1-3-12(19)6-10/h1-9,22H. The minimum absolute atomic E-state index is 0.228. The van der Waals surface area contributed by atoms with Crippen molar-refractivity contribution in [3.05, 3.63) is 72.8 Å². The van der Waals surface area contributed by atoms with Crippen LogP contribution in [0.2, 0.25) is 0 Å². The molecule has 2 aromatic heterocycles. The average Bonchev–Trinajstić information content (AvgIpc) is 2.93. The van der Waals surface area contributed by atoms with Crippen LogP contribution in [0, 0.1) is 3.57 Å². The van der Waals surface area contributed by atoms with E-state index in [4.69, 9.17) is 0 Å². The normalized spacial score (nSPS) is 11.8. The number of nitrogens with one attached hydrogen (secondary N) is 1. The maximum absolute atomic E-state index is 12.6. The predicted molar refractivity (Wildman–Crippen MR) is 108 cm³/mol. The number of aromatic amines is 1. The first-order chi connectivity index (χ1) is 11.6. The second-order valence-electron chi connectivity index (χ2n) is 5.23. The van der Waals surface area contributed by atoms with Crippen molar-refractivity contribution in [1.82, 2.24) is 14.6 Å². The third-order valence-corrected chi connectivity index (χ3v) is 4.80. The highest BCUT2D eigenvalue weighted by Gasteiger charge is 2.10. The largest absolute Gasteiger partial charge is 0.349 e. The molecule has 0 aliphatic rings. The van der Waals surface area contributed by atoms with Crippen molar-refractivity contribution >= 4 is 66.7 Å². The van der Waals surface area contributed by atoms with Crippen molar-refractivity contribution in [2.45, 2.75) is 0 Å². The molecule has 24 heavy (non-hydrogen) atoms. The number of halogens is 2. The third-order valence-electron chi connectivity index (χ3n) is 3.63. The molecule has 4 rings (SSSR count). The molecular formula is C17H10BrIN4O. The van der Waals surface area contributed by atoms with E-state index in [0.717, 1.165) is 24.5 Å². The van der Waals surface area contributed by atoms with E-state index in [0.29, 0.717) is 11.0 Å². The van der Waals surface area contributed by atoms with E-state index in [9.17, 15) is 4.79 Å². The fourth-order valence-electron chi connectivity index (χ4n) is 2.52. The first kappa shape index (κ1) is 15.5. The van der Waals surface area contributed by atoms with Crippen molar-refractivity contribution in [3.63, 3.8) is 0 Å². The van der Waals surface area contributed by atoms with Crippen LogP contribution in [0.5, 0.6) is 0 Å². The third kappa shape index (κ3) is 2.78. The van der Waals surface area contributed by atoms with E-state index in [-0.39, 0.29) is 5.56 Å². The lowest BCUT2D eigenvalue weighted by atomic mass is 10.2. The van der Waals surface area contributed by atoms with Gasteiger partial charge in [-0.2, -0.15) is 9.78 Å². The number of rotatable bonds is 2. The van der Waals surface area contributed by atoms with Crippen LogP contribution in [-0.4, -0.2) is 20.9 Å². The molecule has 5 nitrogen and oxygen atoms in total. The zero-order valence-electron chi connectivity index (χ0n) is 12.2. The molecule has 0 saturated carbocycles. The van der Waals surface area contributed by atoms with Crippen LogP contribution in [0.1, 0.15) is 5.56 Å². The zero-order valence-corrected chi connectivity index (χ0v) is 15.9. The highest BCUT2D eigenvalue weighted by atomic mass is 127. The van der Waals surface area contributed by atoms with Gasteiger partial charge in [0.15, 0.2) is 0 Å². The molecule has 0 radical (unpaired) electrons. The summed E-state index contributed by atoms with van der Waals surface area (Å²) < 4.78 is 3.30. The lowest BCUT2D eigenvalue weighted by molar-refractivity contribution is 0.815. The smallest absolute Gasteiger partial charge is 0.298 e. The number of fused-ring (bicyclic) bond motifs is 3. The summed E-state index contributed by atoms with van der Waals surface area (Å²) in [5.41, 5.74) is 2.67. The summed E-state index contributed by atoms with van der Waals surface area (Å²) in [7, 11) is 0. The Balaban J connectivity index is 1.84. The van der Waals surface area contributed by atoms with E-state index in [1.807, 2.05) is 42.5 Å². The molecule has 2 aromatic carbocycles. The quantitative estimate of drug-likeness (QED) is 0.338. The molecule has 0 aliphatic carbocycles. The molecule has 0 atom stereocenters. The lowest BCUT2D eigenvalue weighted by Gasteiger charge is -1.98. The second kappa shape index (κ2) is 6.14. The summed E-state index contributed by atoms with van der Waals surface area (Å²) in [5.74, 6) is 0. The number of hydrogen-bond donors (Lipinski definition) is 1. The maximum Gasteiger partial charge on any atom is 0.298 e. The molecule has 4 aromatic rings. The molecule has 0 bridgehead atoms. The van der Waals surface area contributed by atoms with Crippen molar-refractivity contribution < 1.29 is 0 Å². The highest BCUT2D eigenvalue weighted by Crippen LogP contribution is 2.24. The van der Waals surface area contributed by atoms with Gasteiger partial charge < -0.3 is 4.98 Å². The molecule has 0 fully saturated rings. The predicted octanol–water partition coefficient (Wildman–Crippen LogP) is 4.13. The molecule has 1 N–H and O–H groups in total. The van der Waals surface area contributed by atoms with Crippen molar-refractivity contribution in [3.8, 4) is 0 Å². The van der Waals surface area contributed by atoms with E-state index in [1.54, 1.807) is 6.21 Å². The molecule has 118 valence electrons. The van der Waals surface area contributed by atoms with E-state index < -0.39 is 0 Å². The van der Waals surface area contributed by atoms with Gasteiger partial charge in [-0.05, 0) is 58.5 Å². The van der Waals surface area contributed by atoms with E-state index in [2.05, 4.69) is 53.6 Å². The Labute approximate surface area is 158 Å². The number of nitrogens with zero attached hydrogens (tertiary/aromatic N) is 3. The zero-order chi connectivity index (χ0) is 16.7. The minimum Gasteiger partial charge on any atom is -0.349 e. The van der Waals surface area contributed by atoms with E-state index >= 15 is 0 Å². The van der Waals surface area contributed by atoms with Gasteiger partial charge in [-0.3, -0.25) is 4.79 Å². The number of aromatic nitrogens is 3. The van der Waals surface area contributed by atoms with Gasteiger partial charge in [0.2, 0.25) is 0 Å². The fourth-order valence-corrected chi connectivity index (χ4v) is 3.44. The van der Waals surface area contributed by atoms with Crippen LogP contribution < -0.4 is 5.56 Å². The highest BCUT2D eigenvalue weighted by molar-refractivity contribution is 14.1. The first-order valence-corrected chi connectivity index (χ1v) is 8.97. The topological polar surface area (TPSA) is 63.0 Å². The van der Waals surface area contributed by atoms with Gasteiger partial charge in [-0.1, -0.05) is 28.1 Å². The monoisotopic (exact) mass is 492 g/mol. The lowest BCUT2D eigenvalue weighted by Crippen LogP contribution is -2.17. The van der Waals surface area contributed by atoms with Gasteiger partial charge in [0.25, 0.3) is 5.56 Å². The summed E-state index contributed by atoms with van der Waals surface area (Å²) in [6, 6.07) is 13.7. The number of hydrogen-bond acceptors (Lipinski definition) is 3. The van der Waals surface area contributed by atoms with Crippen LogP contribution in [0.3, 0.4) is 0 Å². The van der Waals surface area contributed by atoms with Crippen LogP contribution >= 0.6 is 38.5 Å². The van der Waals surface area contributed by atoms with Gasteiger partial charge >= 0.3 is 0 Å². The van der Waals surface area contributed by atoms with Crippen molar-refractivity contribution in [2.75, 3.05) is 0 Å². The number of benzene rings is 2. The summed E-state index contributed by atoms with van der Waals surface area (Å²) in [4.78, 5) is 20.2. The van der Waals surface area contributed by atoms with Gasteiger partial charge in [0, 0.05) is 18.9 Å². The molecule has 0 saturated heterocycles. The molecular weight excluding hydrogens is 483 g/mol.